The van der Waals surface area contributed by atoms with Gasteiger partial charge >= 0.3 is 0 Å². The number of aromatic hydroxyl groups is 1. The third-order valence-electron chi connectivity index (χ3n) is 5.62. The van der Waals surface area contributed by atoms with Crippen LogP contribution in [0.15, 0.2) is 42.5 Å². The predicted molar refractivity (Wildman–Crippen MR) is 119 cm³/mol. The number of nitrogens with zero attached hydrogens (tertiary/aromatic N) is 2. The van der Waals surface area contributed by atoms with Crippen molar-refractivity contribution < 1.29 is 14.7 Å². The quantitative estimate of drug-likeness (QED) is 0.766. The normalized spacial score (nSPS) is 14.7. The molecule has 1 aliphatic rings. The number of para-hydroxylation sites is 1. The molecule has 2 aromatic rings. The van der Waals surface area contributed by atoms with Crippen LogP contribution < -0.4 is 5.32 Å². The number of benzene rings is 2. The Balaban J connectivity index is 1.53. The third-order valence-corrected chi connectivity index (χ3v) is 5.62. The van der Waals surface area contributed by atoms with Gasteiger partial charge in [-0.1, -0.05) is 45.0 Å². The molecule has 3 rings (SSSR count). The summed E-state index contributed by atoms with van der Waals surface area (Å²) in [6, 6.07) is 13.1. The van der Waals surface area contributed by atoms with E-state index in [1.807, 2.05) is 44.2 Å². The molecule has 0 unspecified atom stereocenters. The molecule has 160 valence electrons. The van der Waals surface area contributed by atoms with Crippen molar-refractivity contribution in [3.05, 3.63) is 59.2 Å². The van der Waals surface area contributed by atoms with E-state index in [1.165, 1.54) is 0 Å². The first-order chi connectivity index (χ1) is 14.4. The first-order valence-corrected chi connectivity index (χ1v) is 10.6. The van der Waals surface area contributed by atoms with Crippen molar-refractivity contribution in [2.24, 2.45) is 0 Å². The van der Waals surface area contributed by atoms with Gasteiger partial charge in [0.25, 0.3) is 5.91 Å². The maximum atomic E-state index is 12.8. The van der Waals surface area contributed by atoms with Crippen molar-refractivity contribution in [2.45, 2.75) is 33.1 Å². The molecule has 6 nitrogen and oxygen atoms in total. The topological polar surface area (TPSA) is 72.9 Å². The molecule has 0 radical (unpaired) electrons. The minimum absolute atomic E-state index is 0.0302. The molecule has 0 bridgehead atoms. The van der Waals surface area contributed by atoms with Crippen LogP contribution in [0.1, 0.15) is 48.2 Å². The standard InChI is InChI=1S/C24H31N3O3/c1-4-18-7-5-6-8-21(18)25-23(29)16-26-11-13-27(14-12-26)24(30)20-10-9-19(17(2)3)15-22(20)28/h5-10,15,17,28H,4,11-14,16H2,1-3H3,(H,25,29). The molecule has 1 heterocycles. The Hall–Kier alpha value is -2.86. The Morgan fingerprint density at radius 1 is 1.07 bits per heavy atom. The lowest BCUT2D eigenvalue weighted by Crippen LogP contribution is -2.50. The number of carbonyl (C=O) groups excluding carboxylic acids is 2. The van der Waals surface area contributed by atoms with Crippen LogP contribution in [0.5, 0.6) is 5.75 Å². The lowest BCUT2D eigenvalue weighted by atomic mass is 10.0. The summed E-state index contributed by atoms with van der Waals surface area (Å²) in [6.07, 6.45) is 0.863. The fraction of sp³-hybridized carbons (Fsp3) is 0.417. The minimum atomic E-state index is -0.163. The van der Waals surface area contributed by atoms with E-state index in [1.54, 1.807) is 17.0 Å². The second-order valence-corrected chi connectivity index (χ2v) is 8.06. The number of phenols is 1. The van der Waals surface area contributed by atoms with E-state index >= 15 is 0 Å². The van der Waals surface area contributed by atoms with Gasteiger partial charge in [0.1, 0.15) is 5.75 Å². The molecule has 0 spiro atoms. The molecule has 0 saturated carbocycles. The summed E-state index contributed by atoms with van der Waals surface area (Å²) < 4.78 is 0. The predicted octanol–water partition coefficient (Wildman–Crippen LogP) is 3.47. The monoisotopic (exact) mass is 409 g/mol. The van der Waals surface area contributed by atoms with E-state index in [9.17, 15) is 14.7 Å². The first-order valence-electron chi connectivity index (χ1n) is 10.6. The number of amides is 2. The number of hydrogen-bond acceptors (Lipinski definition) is 4. The molecule has 0 aliphatic carbocycles. The number of aryl methyl sites for hydroxylation is 1. The number of piperazine rings is 1. The smallest absolute Gasteiger partial charge is 0.257 e. The molecule has 1 saturated heterocycles. The van der Waals surface area contributed by atoms with E-state index in [2.05, 4.69) is 17.1 Å². The summed E-state index contributed by atoms with van der Waals surface area (Å²) in [5.41, 5.74) is 3.31. The van der Waals surface area contributed by atoms with Gasteiger partial charge in [-0.25, -0.2) is 0 Å². The van der Waals surface area contributed by atoms with Crippen LogP contribution in [0.4, 0.5) is 5.69 Å². The third kappa shape index (κ3) is 5.19. The Morgan fingerprint density at radius 2 is 1.77 bits per heavy atom. The Bertz CT molecular complexity index is 902. The lowest BCUT2D eigenvalue weighted by Gasteiger charge is -2.34. The van der Waals surface area contributed by atoms with Gasteiger partial charge in [-0.3, -0.25) is 14.5 Å². The molecular weight excluding hydrogens is 378 g/mol. The lowest BCUT2D eigenvalue weighted by molar-refractivity contribution is -0.117. The van der Waals surface area contributed by atoms with E-state index in [0.29, 0.717) is 44.2 Å². The Morgan fingerprint density at radius 3 is 2.40 bits per heavy atom. The van der Waals surface area contributed by atoms with Gasteiger partial charge in [0.2, 0.25) is 5.91 Å². The molecule has 2 amide bonds. The number of nitrogens with one attached hydrogen (secondary N) is 1. The highest BCUT2D eigenvalue weighted by Gasteiger charge is 2.25. The van der Waals surface area contributed by atoms with Gasteiger partial charge in [-0.2, -0.15) is 0 Å². The molecule has 1 fully saturated rings. The molecule has 6 heteroatoms. The van der Waals surface area contributed by atoms with E-state index in [-0.39, 0.29) is 17.6 Å². The van der Waals surface area contributed by atoms with Crippen molar-refractivity contribution in [1.82, 2.24) is 9.80 Å². The van der Waals surface area contributed by atoms with Gasteiger partial charge < -0.3 is 15.3 Å². The summed E-state index contributed by atoms with van der Waals surface area (Å²) in [7, 11) is 0. The van der Waals surface area contributed by atoms with Crippen molar-refractivity contribution in [2.75, 3.05) is 38.0 Å². The molecule has 2 aromatic carbocycles. The average molecular weight is 410 g/mol. The minimum Gasteiger partial charge on any atom is -0.507 e. The largest absolute Gasteiger partial charge is 0.507 e. The first kappa shape index (κ1) is 21.8. The van der Waals surface area contributed by atoms with Crippen LogP contribution in [0.2, 0.25) is 0 Å². The molecule has 0 aromatic heterocycles. The highest BCUT2D eigenvalue weighted by molar-refractivity contribution is 5.97. The number of hydrogen-bond donors (Lipinski definition) is 2. The summed E-state index contributed by atoms with van der Waals surface area (Å²) in [4.78, 5) is 29.1. The summed E-state index contributed by atoms with van der Waals surface area (Å²) in [5.74, 6) is 0.114. The van der Waals surface area contributed by atoms with Crippen LogP contribution in [-0.4, -0.2) is 59.4 Å². The second kappa shape index (κ2) is 9.76. The number of anilines is 1. The van der Waals surface area contributed by atoms with Crippen LogP contribution in [-0.2, 0) is 11.2 Å². The van der Waals surface area contributed by atoms with Gasteiger partial charge in [0, 0.05) is 31.9 Å². The zero-order chi connectivity index (χ0) is 21.7. The van der Waals surface area contributed by atoms with Crippen LogP contribution in [0.25, 0.3) is 0 Å². The SMILES string of the molecule is CCc1ccccc1NC(=O)CN1CCN(C(=O)c2ccc(C(C)C)cc2O)CC1. The molecule has 30 heavy (non-hydrogen) atoms. The van der Waals surface area contributed by atoms with E-state index in [0.717, 1.165) is 23.2 Å². The fourth-order valence-corrected chi connectivity index (χ4v) is 3.71. The maximum absolute atomic E-state index is 12.8. The van der Waals surface area contributed by atoms with Crippen molar-refractivity contribution >= 4 is 17.5 Å². The van der Waals surface area contributed by atoms with Gasteiger partial charge in [-0.05, 0) is 41.7 Å². The second-order valence-electron chi connectivity index (χ2n) is 8.06. The summed E-state index contributed by atoms with van der Waals surface area (Å²) in [5, 5.41) is 13.3. The van der Waals surface area contributed by atoms with Gasteiger partial charge in [0.15, 0.2) is 0 Å². The average Bonchev–Trinajstić information content (AvgIpc) is 2.74. The maximum Gasteiger partial charge on any atom is 0.257 e. The van der Waals surface area contributed by atoms with Crippen LogP contribution in [0, 0.1) is 0 Å². The van der Waals surface area contributed by atoms with Crippen LogP contribution in [0.3, 0.4) is 0 Å². The van der Waals surface area contributed by atoms with Crippen molar-refractivity contribution in [3.8, 4) is 5.75 Å². The van der Waals surface area contributed by atoms with Gasteiger partial charge in [-0.15, -0.1) is 0 Å². The molecule has 2 N–H and O–H groups in total. The summed E-state index contributed by atoms with van der Waals surface area (Å²) in [6.45, 7) is 8.77. The zero-order valence-electron chi connectivity index (χ0n) is 18.0. The number of rotatable bonds is 6. The molecule has 0 atom stereocenters. The van der Waals surface area contributed by atoms with E-state index in [4.69, 9.17) is 0 Å². The number of phenolic OH excluding ortho intramolecular Hbond substituents is 1. The Kier molecular flexibility index (Phi) is 7.11. The van der Waals surface area contributed by atoms with E-state index < -0.39 is 0 Å². The summed E-state index contributed by atoms with van der Waals surface area (Å²) >= 11 is 0. The highest BCUT2D eigenvalue weighted by atomic mass is 16.3. The van der Waals surface area contributed by atoms with Gasteiger partial charge in [0.05, 0.1) is 12.1 Å². The Labute approximate surface area is 178 Å². The highest BCUT2D eigenvalue weighted by Crippen LogP contribution is 2.25. The van der Waals surface area contributed by atoms with Crippen molar-refractivity contribution in [1.29, 1.82) is 0 Å². The van der Waals surface area contributed by atoms with Crippen molar-refractivity contribution in [3.63, 3.8) is 0 Å². The van der Waals surface area contributed by atoms with Crippen LogP contribution >= 0.6 is 0 Å². The molecule has 1 aliphatic heterocycles. The fourth-order valence-electron chi connectivity index (χ4n) is 3.71. The molecular formula is C24H31N3O3. The zero-order valence-corrected chi connectivity index (χ0v) is 18.0. The number of carbonyl (C=O) groups is 2.